The molecule has 0 bridgehead atoms. The Morgan fingerprint density at radius 1 is 1.64 bits per heavy atom. The van der Waals surface area contributed by atoms with E-state index in [-0.39, 0.29) is 18.4 Å². The fourth-order valence-corrected chi connectivity index (χ4v) is 1.24. The monoisotopic (exact) mass is 161 g/mol. The average molecular weight is 161 g/mol. The van der Waals surface area contributed by atoms with Gasteiger partial charge in [-0.1, -0.05) is 0 Å². The Hall–Kier alpha value is -0.160. The lowest BCUT2D eigenvalue weighted by Gasteiger charge is -2.35. The minimum Gasteiger partial charge on any atom is -0.389 e. The Kier molecular flexibility index (Phi) is 2.84. The Balaban J connectivity index is 2.47. The number of nitrogens with two attached hydrogens (primary N) is 1. The van der Waals surface area contributed by atoms with E-state index in [1.54, 1.807) is 14.0 Å². The van der Waals surface area contributed by atoms with Gasteiger partial charge in [0.1, 0.15) is 0 Å². The highest BCUT2D eigenvalue weighted by atomic mass is 16.7. The number of hydrogen-bond acceptors (Lipinski definition) is 4. The molecule has 1 aliphatic rings. The van der Waals surface area contributed by atoms with Gasteiger partial charge in [0.05, 0.1) is 12.2 Å². The third-order valence-corrected chi connectivity index (χ3v) is 2.01. The van der Waals surface area contributed by atoms with E-state index in [2.05, 4.69) is 0 Å². The molecule has 4 heteroatoms. The summed E-state index contributed by atoms with van der Waals surface area (Å²) in [5, 5.41) is 9.35. The number of aliphatic hydroxyl groups excluding tert-OH is 1. The maximum atomic E-state index is 9.35. The van der Waals surface area contributed by atoms with E-state index >= 15 is 0 Å². The van der Waals surface area contributed by atoms with Gasteiger partial charge in [-0.25, -0.2) is 0 Å². The number of hydrogen-bond donors (Lipinski definition) is 2. The molecule has 1 rings (SSSR count). The summed E-state index contributed by atoms with van der Waals surface area (Å²) in [5.74, 6) is 0. The van der Waals surface area contributed by atoms with Crippen molar-refractivity contribution in [2.24, 2.45) is 5.73 Å². The molecule has 66 valence electrons. The molecule has 0 aromatic carbocycles. The molecule has 0 radical (unpaired) electrons. The van der Waals surface area contributed by atoms with Crippen LogP contribution in [0.4, 0.5) is 0 Å². The molecule has 1 heterocycles. The zero-order chi connectivity index (χ0) is 8.43. The number of aliphatic hydroxyl groups is 1. The predicted octanol–water partition coefficient (Wildman–Crippen LogP) is -0.544. The highest BCUT2D eigenvalue weighted by Gasteiger charge is 2.32. The van der Waals surface area contributed by atoms with Crippen molar-refractivity contribution in [1.29, 1.82) is 0 Å². The molecular formula is C7H15NO3. The highest BCUT2D eigenvalue weighted by molar-refractivity contribution is 4.82. The molecule has 4 atom stereocenters. The van der Waals surface area contributed by atoms with Crippen molar-refractivity contribution in [3.63, 3.8) is 0 Å². The number of methoxy groups -OCH3 is 1. The molecule has 0 aliphatic carbocycles. The first-order chi connectivity index (χ1) is 5.15. The Morgan fingerprint density at radius 3 is 2.73 bits per heavy atom. The summed E-state index contributed by atoms with van der Waals surface area (Å²) in [6, 6.07) is -0.233. The summed E-state index contributed by atoms with van der Waals surface area (Å²) in [6.07, 6.45) is -0.504. The molecular weight excluding hydrogens is 146 g/mol. The topological polar surface area (TPSA) is 64.7 Å². The lowest BCUT2D eigenvalue weighted by atomic mass is 10.0. The van der Waals surface area contributed by atoms with Crippen molar-refractivity contribution in [3.8, 4) is 0 Å². The highest BCUT2D eigenvalue weighted by Crippen LogP contribution is 2.18. The van der Waals surface area contributed by atoms with Gasteiger partial charge in [-0.05, 0) is 6.92 Å². The van der Waals surface area contributed by atoms with Crippen LogP contribution in [0, 0.1) is 0 Å². The van der Waals surface area contributed by atoms with Crippen molar-refractivity contribution >= 4 is 0 Å². The number of ether oxygens (including phenoxy) is 2. The Labute approximate surface area is 66.3 Å². The minimum absolute atomic E-state index is 0.233. The predicted molar refractivity (Wildman–Crippen MR) is 39.9 cm³/mol. The largest absolute Gasteiger partial charge is 0.389 e. The van der Waals surface area contributed by atoms with E-state index in [9.17, 15) is 5.11 Å². The fraction of sp³-hybridized carbons (Fsp3) is 1.00. The molecule has 1 saturated heterocycles. The lowest BCUT2D eigenvalue weighted by molar-refractivity contribution is -0.211. The van der Waals surface area contributed by atoms with Gasteiger partial charge in [0.15, 0.2) is 6.29 Å². The molecule has 4 nitrogen and oxygen atoms in total. The Bertz CT molecular complexity index is 119. The van der Waals surface area contributed by atoms with Crippen LogP contribution in [0.2, 0.25) is 0 Å². The first kappa shape index (κ1) is 8.93. The second kappa shape index (κ2) is 3.49. The molecule has 0 spiro atoms. The molecule has 3 N–H and O–H groups in total. The minimum atomic E-state index is -0.568. The van der Waals surface area contributed by atoms with E-state index in [0.29, 0.717) is 6.42 Å². The smallest absolute Gasteiger partial charge is 0.159 e. The Morgan fingerprint density at radius 2 is 2.27 bits per heavy atom. The van der Waals surface area contributed by atoms with Gasteiger partial charge in [0.25, 0.3) is 0 Å². The summed E-state index contributed by atoms with van der Waals surface area (Å²) < 4.78 is 10.2. The zero-order valence-corrected chi connectivity index (χ0v) is 6.86. The van der Waals surface area contributed by atoms with Crippen molar-refractivity contribution in [2.45, 2.75) is 37.9 Å². The molecule has 0 unspecified atom stereocenters. The molecule has 11 heavy (non-hydrogen) atoms. The third kappa shape index (κ3) is 1.90. The maximum Gasteiger partial charge on any atom is 0.159 e. The van der Waals surface area contributed by atoms with Crippen molar-refractivity contribution in [3.05, 3.63) is 0 Å². The standard InChI is InChI=1S/C7H15NO3/c1-4-7(9)5(8)3-6(10-2)11-4/h4-7,9H,3,8H2,1-2H3/t4-,5-,6+,7+/m1/s1. The first-order valence-corrected chi connectivity index (χ1v) is 3.77. The van der Waals surface area contributed by atoms with Gasteiger partial charge in [0.2, 0.25) is 0 Å². The zero-order valence-electron chi connectivity index (χ0n) is 6.86. The van der Waals surface area contributed by atoms with E-state index in [4.69, 9.17) is 15.2 Å². The van der Waals surface area contributed by atoms with Crippen LogP contribution in [0.15, 0.2) is 0 Å². The second-order valence-electron chi connectivity index (χ2n) is 2.90. The van der Waals surface area contributed by atoms with Crippen LogP contribution < -0.4 is 5.73 Å². The maximum absolute atomic E-state index is 9.35. The van der Waals surface area contributed by atoms with Gasteiger partial charge in [-0.15, -0.1) is 0 Å². The average Bonchev–Trinajstić information content (AvgIpc) is 1.99. The first-order valence-electron chi connectivity index (χ1n) is 3.77. The van der Waals surface area contributed by atoms with Gasteiger partial charge < -0.3 is 20.3 Å². The van der Waals surface area contributed by atoms with Gasteiger partial charge >= 0.3 is 0 Å². The molecule has 0 saturated carbocycles. The van der Waals surface area contributed by atoms with Crippen LogP contribution in [-0.4, -0.2) is 36.8 Å². The molecule has 0 aromatic rings. The SMILES string of the molecule is CO[C@@H]1C[C@@H](N)[C@@H](O)[C@@H](C)O1. The van der Waals surface area contributed by atoms with Crippen LogP contribution in [0.1, 0.15) is 13.3 Å². The van der Waals surface area contributed by atoms with Crippen LogP contribution in [0.25, 0.3) is 0 Å². The van der Waals surface area contributed by atoms with E-state index < -0.39 is 6.10 Å². The quantitative estimate of drug-likeness (QED) is 0.542. The van der Waals surface area contributed by atoms with Gasteiger partial charge in [0, 0.05) is 19.6 Å². The summed E-state index contributed by atoms with van der Waals surface area (Å²) in [7, 11) is 1.57. The van der Waals surface area contributed by atoms with Crippen molar-refractivity contribution in [2.75, 3.05) is 7.11 Å². The lowest BCUT2D eigenvalue weighted by Crippen LogP contribution is -2.51. The van der Waals surface area contributed by atoms with Gasteiger partial charge in [-0.3, -0.25) is 0 Å². The summed E-state index contributed by atoms with van der Waals surface area (Å²) in [6.45, 7) is 1.79. The van der Waals surface area contributed by atoms with Crippen LogP contribution in [-0.2, 0) is 9.47 Å². The van der Waals surface area contributed by atoms with Crippen LogP contribution in [0.5, 0.6) is 0 Å². The normalized spacial score (nSPS) is 45.8. The summed E-state index contributed by atoms with van der Waals surface area (Å²) >= 11 is 0. The molecule has 1 aliphatic heterocycles. The summed E-state index contributed by atoms with van der Waals surface area (Å²) in [5.41, 5.74) is 5.62. The van der Waals surface area contributed by atoms with Crippen molar-refractivity contribution < 1.29 is 14.6 Å². The second-order valence-corrected chi connectivity index (χ2v) is 2.90. The van der Waals surface area contributed by atoms with Gasteiger partial charge in [-0.2, -0.15) is 0 Å². The van der Waals surface area contributed by atoms with E-state index in [1.165, 1.54) is 0 Å². The molecule has 1 fully saturated rings. The van der Waals surface area contributed by atoms with E-state index in [0.717, 1.165) is 0 Å². The third-order valence-electron chi connectivity index (χ3n) is 2.01. The fourth-order valence-electron chi connectivity index (χ4n) is 1.24. The number of rotatable bonds is 1. The molecule has 0 aromatic heterocycles. The van der Waals surface area contributed by atoms with Crippen LogP contribution in [0.3, 0.4) is 0 Å². The van der Waals surface area contributed by atoms with E-state index in [1.807, 2.05) is 0 Å². The molecule has 0 amide bonds. The summed E-state index contributed by atoms with van der Waals surface area (Å²) in [4.78, 5) is 0. The van der Waals surface area contributed by atoms with Crippen molar-refractivity contribution in [1.82, 2.24) is 0 Å². The van der Waals surface area contributed by atoms with Crippen LogP contribution >= 0.6 is 0 Å².